The number of hydrogen-bond acceptors (Lipinski definition) is 4. The molecule has 5 nitrogen and oxygen atoms in total. The predicted molar refractivity (Wildman–Crippen MR) is 78.2 cm³/mol. The van der Waals surface area contributed by atoms with Gasteiger partial charge in [0, 0.05) is 11.6 Å². The molecule has 5 heteroatoms. The highest BCUT2D eigenvalue weighted by molar-refractivity contribution is 5.59. The van der Waals surface area contributed by atoms with Crippen molar-refractivity contribution in [3.8, 4) is 11.3 Å². The normalized spacial score (nSPS) is 11.0. The van der Waals surface area contributed by atoms with E-state index in [1.807, 2.05) is 44.2 Å². The molecule has 3 rings (SSSR count). The molecule has 3 aromatic rings. The van der Waals surface area contributed by atoms with Gasteiger partial charge >= 0.3 is 5.76 Å². The standard InChI is InChI=1S/C16H16N2O3/c1-10-4-6-13(7-5-10)15-8-14(21-17-15)9-18-11(2)12(3)20-16(18)19/h4-8H,9H2,1-3H3. The second-order valence-corrected chi connectivity index (χ2v) is 5.14. The molecule has 0 bridgehead atoms. The van der Waals surface area contributed by atoms with Crippen LogP contribution in [0.2, 0.25) is 0 Å². The van der Waals surface area contributed by atoms with Crippen molar-refractivity contribution < 1.29 is 8.94 Å². The molecule has 0 saturated carbocycles. The van der Waals surface area contributed by atoms with Gasteiger partial charge in [0.2, 0.25) is 0 Å². The highest BCUT2D eigenvalue weighted by Crippen LogP contribution is 2.20. The summed E-state index contributed by atoms with van der Waals surface area (Å²) in [6, 6.07) is 9.89. The van der Waals surface area contributed by atoms with Crippen LogP contribution in [0.5, 0.6) is 0 Å². The summed E-state index contributed by atoms with van der Waals surface area (Å²) in [5.41, 5.74) is 3.74. The summed E-state index contributed by atoms with van der Waals surface area (Å²) in [6.45, 7) is 5.97. The second kappa shape index (κ2) is 5.09. The molecular formula is C16H16N2O3. The van der Waals surface area contributed by atoms with Crippen LogP contribution in [0.25, 0.3) is 11.3 Å². The van der Waals surface area contributed by atoms with Gasteiger partial charge in [-0.1, -0.05) is 35.0 Å². The minimum absolute atomic E-state index is 0.320. The molecule has 0 amide bonds. The van der Waals surface area contributed by atoms with Crippen molar-refractivity contribution in [1.82, 2.24) is 9.72 Å². The van der Waals surface area contributed by atoms with E-state index < -0.39 is 0 Å². The first kappa shape index (κ1) is 13.4. The highest BCUT2D eigenvalue weighted by Gasteiger charge is 2.13. The van der Waals surface area contributed by atoms with Gasteiger partial charge in [0.1, 0.15) is 11.5 Å². The molecular weight excluding hydrogens is 268 g/mol. The Kier molecular flexibility index (Phi) is 3.25. The van der Waals surface area contributed by atoms with Crippen LogP contribution < -0.4 is 5.76 Å². The van der Waals surface area contributed by atoms with Crippen molar-refractivity contribution >= 4 is 0 Å². The van der Waals surface area contributed by atoms with Crippen molar-refractivity contribution in [3.63, 3.8) is 0 Å². The Morgan fingerprint density at radius 3 is 2.48 bits per heavy atom. The van der Waals surface area contributed by atoms with E-state index in [2.05, 4.69) is 5.16 Å². The number of nitrogens with zero attached hydrogens (tertiary/aromatic N) is 2. The summed E-state index contributed by atoms with van der Waals surface area (Å²) in [7, 11) is 0. The van der Waals surface area contributed by atoms with E-state index in [0.29, 0.717) is 18.1 Å². The summed E-state index contributed by atoms with van der Waals surface area (Å²) < 4.78 is 11.9. The lowest BCUT2D eigenvalue weighted by atomic mass is 10.1. The van der Waals surface area contributed by atoms with Crippen molar-refractivity contribution in [3.05, 3.63) is 63.7 Å². The first-order valence-corrected chi connectivity index (χ1v) is 6.74. The first-order valence-electron chi connectivity index (χ1n) is 6.74. The minimum Gasteiger partial charge on any atom is -0.413 e. The van der Waals surface area contributed by atoms with E-state index in [-0.39, 0.29) is 5.76 Å². The SMILES string of the molecule is Cc1ccc(-c2cc(Cn3c(C)c(C)oc3=O)on2)cc1. The zero-order chi connectivity index (χ0) is 15.0. The van der Waals surface area contributed by atoms with E-state index in [9.17, 15) is 4.79 Å². The fraction of sp³-hybridized carbons (Fsp3) is 0.250. The zero-order valence-corrected chi connectivity index (χ0v) is 12.2. The summed E-state index contributed by atoms with van der Waals surface area (Å²) in [5.74, 6) is 0.869. The summed E-state index contributed by atoms with van der Waals surface area (Å²) in [4.78, 5) is 11.7. The third-order valence-corrected chi connectivity index (χ3v) is 3.60. The second-order valence-electron chi connectivity index (χ2n) is 5.14. The Hall–Kier alpha value is -2.56. The molecule has 0 spiro atoms. The van der Waals surface area contributed by atoms with Crippen LogP contribution in [-0.2, 0) is 6.54 Å². The van der Waals surface area contributed by atoms with Gasteiger partial charge in [0.15, 0.2) is 5.76 Å². The average Bonchev–Trinajstić information content (AvgIpc) is 3.01. The van der Waals surface area contributed by atoms with Gasteiger partial charge in [-0.15, -0.1) is 0 Å². The summed E-state index contributed by atoms with van der Waals surface area (Å²) in [6.07, 6.45) is 0. The van der Waals surface area contributed by atoms with E-state index in [1.165, 1.54) is 10.1 Å². The average molecular weight is 284 g/mol. The fourth-order valence-corrected chi connectivity index (χ4v) is 2.17. The fourth-order valence-electron chi connectivity index (χ4n) is 2.17. The van der Waals surface area contributed by atoms with E-state index in [0.717, 1.165) is 17.0 Å². The Bertz CT molecular complexity index is 822. The minimum atomic E-state index is -0.377. The molecule has 0 aliphatic heterocycles. The van der Waals surface area contributed by atoms with Gasteiger partial charge in [0.05, 0.1) is 12.2 Å². The third-order valence-electron chi connectivity index (χ3n) is 3.60. The van der Waals surface area contributed by atoms with E-state index >= 15 is 0 Å². The number of rotatable bonds is 3. The van der Waals surface area contributed by atoms with Gasteiger partial charge < -0.3 is 8.94 Å². The lowest BCUT2D eigenvalue weighted by molar-refractivity contribution is 0.370. The van der Waals surface area contributed by atoms with Gasteiger partial charge in [-0.25, -0.2) is 4.79 Å². The van der Waals surface area contributed by atoms with Crippen LogP contribution in [0, 0.1) is 20.8 Å². The van der Waals surface area contributed by atoms with Crippen molar-refractivity contribution in [2.24, 2.45) is 0 Å². The van der Waals surface area contributed by atoms with Crippen LogP contribution in [0.1, 0.15) is 22.8 Å². The number of aryl methyl sites for hydroxylation is 2. The molecule has 2 heterocycles. The molecule has 0 aliphatic carbocycles. The molecule has 21 heavy (non-hydrogen) atoms. The van der Waals surface area contributed by atoms with Crippen LogP contribution in [-0.4, -0.2) is 9.72 Å². The van der Waals surface area contributed by atoms with Crippen molar-refractivity contribution in [2.75, 3.05) is 0 Å². The Morgan fingerprint density at radius 1 is 1.14 bits per heavy atom. The van der Waals surface area contributed by atoms with E-state index in [1.54, 1.807) is 6.92 Å². The smallest absolute Gasteiger partial charge is 0.413 e. The summed E-state index contributed by atoms with van der Waals surface area (Å²) in [5, 5.41) is 4.06. The lowest BCUT2D eigenvalue weighted by Crippen LogP contribution is -2.16. The van der Waals surface area contributed by atoms with Crippen molar-refractivity contribution in [1.29, 1.82) is 0 Å². The molecule has 0 N–H and O–H groups in total. The highest BCUT2D eigenvalue weighted by atomic mass is 16.5. The van der Waals surface area contributed by atoms with Crippen LogP contribution in [0.3, 0.4) is 0 Å². The quantitative estimate of drug-likeness (QED) is 0.741. The Balaban J connectivity index is 1.88. The van der Waals surface area contributed by atoms with Crippen molar-refractivity contribution in [2.45, 2.75) is 27.3 Å². The monoisotopic (exact) mass is 284 g/mol. The predicted octanol–water partition coefficient (Wildman–Crippen LogP) is 3.07. The Labute approximate surface area is 121 Å². The lowest BCUT2D eigenvalue weighted by Gasteiger charge is -1.98. The van der Waals surface area contributed by atoms with E-state index in [4.69, 9.17) is 8.94 Å². The Morgan fingerprint density at radius 2 is 1.86 bits per heavy atom. The molecule has 2 aromatic heterocycles. The van der Waals surface area contributed by atoms with Gasteiger partial charge in [0.25, 0.3) is 0 Å². The van der Waals surface area contributed by atoms with Gasteiger partial charge in [-0.3, -0.25) is 4.57 Å². The van der Waals surface area contributed by atoms with Crippen LogP contribution in [0.4, 0.5) is 0 Å². The number of oxazole rings is 1. The summed E-state index contributed by atoms with van der Waals surface area (Å²) >= 11 is 0. The largest absolute Gasteiger partial charge is 0.419 e. The molecule has 1 aromatic carbocycles. The van der Waals surface area contributed by atoms with Crippen LogP contribution >= 0.6 is 0 Å². The molecule has 108 valence electrons. The maximum atomic E-state index is 11.7. The number of benzene rings is 1. The number of aromatic nitrogens is 2. The van der Waals surface area contributed by atoms with Gasteiger partial charge in [-0.05, 0) is 20.8 Å². The molecule has 0 radical (unpaired) electrons. The zero-order valence-electron chi connectivity index (χ0n) is 12.2. The number of hydrogen-bond donors (Lipinski definition) is 0. The first-order chi connectivity index (χ1) is 10.0. The van der Waals surface area contributed by atoms with Crippen LogP contribution in [0.15, 0.2) is 44.1 Å². The molecule has 0 saturated heterocycles. The molecule has 0 atom stereocenters. The maximum Gasteiger partial charge on any atom is 0.419 e. The molecule has 0 aliphatic rings. The molecule has 0 unspecified atom stereocenters. The van der Waals surface area contributed by atoms with Gasteiger partial charge in [-0.2, -0.15) is 0 Å². The topological polar surface area (TPSA) is 61.2 Å². The maximum absolute atomic E-state index is 11.7. The third kappa shape index (κ3) is 2.54. The molecule has 0 fully saturated rings.